The number of aryl methyl sites for hydroxylation is 3. The molecular formula is C107H108ClFN24O6. The summed E-state index contributed by atoms with van der Waals surface area (Å²) in [6, 6.07) is 72.2. The fraction of sp³-hybridized carbons (Fsp3) is 0.252. The number of rotatable bonds is 24. The number of ether oxygens (including phenoxy) is 2. The lowest BCUT2D eigenvalue weighted by Crippen LogP contribution is -2.50. The highest BCUT2D eigenvalue weighted by Gasteiger charge is 2.31. The van der Waals surface area contributed by atoms with Crippen molar-refractivity contribution >= 4 is 59.0 Å². The zero-order valence-electron chi connectivity index (χ0n) is 78.3. The van der Waals surface area contributed by atoms with Crippen LogP contribution in [0.4, 0.5) is 28.2 Å². The van der Waals surface area contributed by atoms with E-state index in [1.165, 1.54) is 0 Å². The van der Waals surface area contributed by atoms with Crippen LogP contribution in [0.25, 0.3) is 90.6 Å². The maximum Gasteiger partial charge on any atom is 0.242 e. The Kier molecular flexibility index (Phi) is 30.9. The monoisotopic (exact) mass is 1880 g/mol. The highest BCUT2D eigenvalue weighted by molar-refractivity contribution is 6.31. The molecule has 12 heterocycles. The first-order valence-electron chi connectivity index (χ1n) is 46.7. The number of halogens is 2. The Morgan fingerprint density at radius 2 is 0.561 bits per heavy atom. The minimum Gasteiger partial charge on any atom is -0.494 e. The summed E-state index contributed by atoms with van der Waals surface area (Å²) in [7, 11) is 0. The predicted molar refractivity (Wildman–Crippen MR) is 537 cm³/mol. The van der Waals surface area contributed by atoms with Crippen molar-refractivity contribution in [3.05, 3.63) is 326 Å². The van der Waals surface area contributed by atoms with Gasteiger partial charge in [-0.1, -0.05) is 157 Å². The molecule has 0 unspecified atom stereocenters. The summed E-state index contributed by atoms with van der Waals surface area (Å²) in [5.41, 5.74) is 12.8. The first-order valence-corrected chi connectivity index (χ1v) is 47.1. The fourth-order valence-corrected chi connectivity index (χ4v) is 17.2. The van der Waals surface area contributed by atoms with E-state index in [-0.39, 0.29) is 55.6 Å². The summed E-state index contributed by atoms with van der Waals surface area (Å²) >= 11 is 6.36. The Morgan fingerprint density at radius 1 is 0.288 bits per heavy atom. The number of piperazine rings is 4. The van der Waals surface area contributed by atoms with Crippen molar-refractivity contribution in [1.82, 2.24) is 97.7 Å². The number of anilines is 4. The quantitative estimate of drug-likeness (QED) is 0.0543. The molecule has 139 heavy (non-hydrogen) atoms. The molecule has 4 aliphatic rings. The topological polar surface area (TPSA) is 287 Å². The summed E-state index contributed by atoms with van der Waals surface area (Å²) in [4.78, 5) is 123. The van der Waals surface area contributed by atoms with Crippen LogP contribution in [-0.2, 0) is 45.4 Å². The van der Waals surface area contributed by atoms with Crippen molar-refractivity contribution in [3.63, 3.8) is 0 Å². The fourth-order valence-electron chi connectivity index (χ4n) is 17.0. The van der Waals surface area contributed by atoms with Crippen LogP contribution in [-0.4, -0.2) is 239 Å². The van der Waals surface area contributed by atoms with Gasteiger partial charge in [0.2, 0.25) is 47.4 Å². The number of hydrogen-bond acceptors (Lipinski definition) is 22. The van der Waals surface area contributed by atoms with E-state index in [0.29, 0.717) is 169 Å². The van der Waals surface area contributed by atoms with Crippen LogP contribution in [0.2, 0.25) is 5.02 Å². The van der Waals surface area contributed by atoms with Crippen LogP contribution in [0.5, 0.6) is 11.5 Å². The van der Waals surface area contributed by atoms with Crippen LogP contribution in [0, 0.1) is 26.6 Å². The highest BCUT2D eigenvalue weighted by Crippen LogP contribution is 2.35. The number of aromatic nitrogens is 16. The molecule has 4 saturated heterocycles. The second-order valence-corrected chi connectivity index (χ2v) is 34.2. The molecule has 4 amide bonds. The third kappa shape index (κ3) is 23.8. The maximum atomic E-state index is 14.2. The van der Waals surface area contributed by atoms with Gasteiger partial charge in [0.1, 0.15) is 66.8 Å². The van der Waals surface area contributed by atoms with Gasteiger partial charge in [-0.2, -0.15) is 0 Å². The molecule has 0 radical (unpaired) electrons. The van der Waals surface area contributed by atoms with Gasteiger partial charge in [0.25, 0.3) is 0 Å². The number of carbonyl (C=O) groups excluding carboxylic acids is 4. The van der Waals surface area contributed by atoms with Gasteiger partial charge < -0.3 is 66.9 Å². The van der Waals surface area contributed by atoms with Crippen molar-refractivity contribution in [2.24, 2.45) is 0 Å². The Balaban J connectivity index is 0.000000128. The molecule has 0 aliphatic carbocycles. The number of amides is 4. The highest BCUT2D eigenvalue weighted by atomic mass is 35.5. The Labute approximate surface area is 811 Å². The number of hydrogen-bond donors (Lipinski definition) is 0. The van der Waals surface area contributed by atoms with Crippen molar-refractivity contribution in [3.8, 4) is 102 Å². The number of imidazole rings is 4. The van der Waals surface area contributed by atoms with E-state index >= 15 is 0 Å². The Morgan fingerprint density at radius 3 is 0.863 bits per heavy atom. The van der Waals surface area contributed by atoms with E-state index in [1.54, 1.807) is 99.8 Å². The standard InChI is InChI=1S/C27H27FN6O.2C27H28N6O2.C26H25ClN6O/c1-19-15-22(16-20(2)25(19)28)23-17-34(26(31-23)21-7-4-3-5-8-21)18-24(35)32-11-13-33(14-12-32)27-29-9-6-10-30-27;1-2-35-23-11-6-10-22(18-23)24-19-33(26(30-24)21-8-4-3-5-9-21)20-25(34)31-14-16-32(17-15-31)27-28-12-7-13-29-27;1-2-35-23-11-9-21(10-12-23)24-19-33(26(30-24)22-7-4-3-5-8-22)20-25(34)31-15-17-32(18-16-31)27-28-13-6-14-29-27;1-19-8-9-21(16-22(19)27)23-17-33(25(30-23)20-6-3-2-4-7-20)18-24(34)31-12-14-32(15-13-31)26-28-10-5-11-29-26/h3-10,15-17H,11-14,18H2,1-2H3;3-13,18-19H,2,14-17,20H2,1H3;3-14,19H,2,15-18,20H2,1H3;2-11,16-17H,12-15,18H2,1H3. The normalized spacial score (nSPS) is 13.7. The first kappa shape index (κ1) is 94.6. The van der Waals surface area contributed by atoms with Gasteiger partial charge in [-0.25, -0.2) is 64.2 Å². The van der Waals surface area contributed by atoms with E-state index in [1.807, 2.05) is 271 Å². The summed E-state index contributed by atoms with van der Waals surface area (Å²) in [5, 5.41) is 0.699. The zero-order chi connectivity index (χ0) is 95.9. The molecule has 16 aromatic rings. The molecule has 0 saturated carbocycles. The molecule has 0 N–H and O–H groups in total. The molecule has 0 bridgehead atoms. The number of benzene rings is 8. The second-order valence-electron chi connectivity index (χ2n) is 33.7. The van der Waals surface area contributed by atoms with Crippen LogP contribution < -0.4 is 29.1 Å². The van der Waals surface area contributed by atoms with Crippen LogP contribution in [0.1, 0.15) is 30.5 Å². The number of carbonyl (C=O) groups is 4. The van der Waals surface area contributed by atoms with Gasteiger partial charge in [-0.15, -0.1) is 0 Å². The summed E-state index contributed by atoms with van der Waals surface area (Å²) < 4.78 is 33.2. The van der Waals surface area contributed by atoms with Crippen molar-refractivity contribution in [2.75, 3.05) is 138 Å². The van der Waals surface area contributed by atoms with Gasteiger partial charge in [0.15, 0.2) is 0 Å². The van der Waals surface area contributed by atoms with Crippen molar-refractivity contribution in [2.45, 2.75) is 60.8 Å². The van der Waals surface area contributed by atoms with E-state index in [4.69, 9.17) is 41.0 Å². The van der Waals surface area contributed by atoms with Gasteiger partial charge in [0.05, 0.1) is 36.0 Å². The van der Waals surface area contributed by atoms with Gasteiger partial charge in [-0.05, 0) is 130 Å². The molecule has 20 rings (SSSR count). The molecule has 0 spiro atoms. The molecule has 30 nitrogen and oxygen atoms in total. The lowest BCUT2D eigenvalue weighted by atomic mass is 10.0. The third-order valence-corrected chi connectivity index (χ3v) is 24.8. The minimum atomic E-state index is -0.202. The second kappa shape index (κ2) is 45.4. The van der Waals surface area contributed by atoms with Crippen LogP contribution >= 0.6 is 11.6 Å². The molecule has 4 aliphatic heterocycles. The Bertz CT molecular complexity index is 6740. The first-order chi connectivity index (χ1) is 68.0. The minimum absolute atomic E-state index is 0.0335. The van der Waals surface area contributed by atoms with E-state index in [0.717, 1.165) is 96.1 Å². The summed E-state index contributed by atoms with van der Waals surface area (Å²) in [5.74, 6) is 7.51. The van der Waals surface area contributed by atoms with Gasteiger partial charge in [-0.3, -0.25) is 19.2 Å². The number of nitrogens with zero attached hydrogens (tertiary/aromatic N) is 24. The molecule has 706 valence electrons. The zero-order valence-corrected chi connectivity index (χ0v) is 79.0. The Hall–Kier alpha value is -16.2. The molecule has 32 heteroatoms. The lowest BCUT2D eigenvalue weighted by molar-refractivity contribution is -0.132. The van der Waals surface area contributed by atoms with Gasteiger partial charge in [0, 0.05) is 229 Å². The smallest absolute Gasteiger partial charge is 0.242 e. The lowest BCUT2D eigenvalue weighted by Gasteiger charge is -2.34. The molecule has 8 aromatic heterocycles. The van der Waals surface area contributed by atoms with E-state index in [2.05, 4.69) is 59.5 Å². The van der Waals surface area contributed by atoms with Gasteiger partial charge >= 0.3 is 0 Å². The van der Waals surface area contributed by atoms with Crippen molar-refractivity contribution < 1.29 is 33.0 Å². The van der Waals surface area contributed by atoms with Crippen LogP contribution in [0.3, 0.4) is 0 Å². The molecule has 8 aromatic carbocycles. The molecule has 4 fully saturated rings. The third-order valence-electron chi connectivity index (χ3n) is 24.4. The average molecular weight is 1880 g/mol. The summed E-state index contributed by atoms with van der Waals surface area (Å²) in [6.07, 6.45) is 21.7. The van der Waals surface area contributed by atoms with E-state index in [9.17, 15) is 23.6 Å². The SMILES string of the molecule is CCOc1ccc(-c2cn(CC(=O)N3CCN(c4ncccn4)CC3)c(-c3ccccc3)n2)cc1.CCOc1cccc(-c2cn(CC(=O)N3CCN(c4ncccn4)CC3)c(-c3ccccc3)n2)c1.Cc1cc(-c2cn(CC(=O)N3CCN(c4ncccn4)CC3)c(-c3ccccc3)n2)cc(C)c1F.Cc1ccc(-c2cn(CC(=O)N3CCN(c4ncccn4)CC3)c(-c3ccccc3)n2)cc1Cl. The molecular weight excluding hydrogens is 1770 g/mol. The van der Waals surface area contributed by atoms with Crippen molar-refractivity contribution in [1.29, 1.82) is 0 Å². The largest absolute Gasteiger partial charge is 0.494 e. The summed E-state index contributed by atoms with van der Waals surface area (Å²) in [6.45, 7) is 22.1. The average Bonchev–Trinajstić information content (AvgIpc) is 1.67. The maximum absolute atomic E-state index is 14.2. The molecule has 0 atom stereocenters. The van der Waals surface area contributed by atoms with Crippen LogP contribution in [0.15, 0.2) is 299 Å². The predicted octanol–water partition coefficient (Wildman–Crippen LogP) is 15.9. The van der Waals surface area contributed by atoms with E-state index < -0.39 is 0 Å².